The minimum Gasteiger partial charge on any atom is -0.341 e. The molecule has 3 heterocycles. The highest BCUT2D eigenvalue weighted by Gasteiger charge is 2.43. The standard InChI is InChI=1S/C22H31ClN6O/c23-19-3-1-17(2-4-19)13-20(24)21(30)28-11-7-22(8-12-28,14-29-16-26-15-27-29)18-5-9-25-10-6-18/h1-4,15-16,18,20,25H,5-14,24H2. The summed E-state index contributed by atoms with van der Waals surface area (Å²) in [5, 5.41) is 8.53. The van der Waals surface area contributed by atoms with E-state index in [1.54, 1.807) is 6.33 Å². The number of rotatable bonds is 6. The molecule has 0 saturated carbocycles. The van der Waals surface area contributed by atoms with Crippen LogP contribution >= 0.6 is 11.6 Å². The first-order valence-electron chi connectivity index (χ1n) is 10.9. The zero-order valence-corrected chi connectivity index (χ0v) is 18.1. The van der Waals surface area contributed by atoms with E-state index < -0.39 is 6.04 Å². The molecule has 2 fully saturated rings. The Balaban J connectivity index is 1.40. The molecule has 1 atom stereocenters. The molecule has 2 aliphatic heterocycles. The van der Waals surface area contributed by atoms with Crippen molar-refractivity contribution in [3.05, 3.63) is 47.5 Å². The zero-order chi connectivity index (χ0) is 21.0. The lowest BCUT2D eigenvalue weighted by Gasteiger charge is -2.48. The SMILES string of the molecule is NC(Cc1ccc(Cl)cc1)C(=O)N1CCC(Cn2cncn2)(C2CCNCC2)CC1. The second-order valence-corrected chi connectivity index (χ2v) is 9.18. The van der Waals surface area contributed by atoms with Crippen LogP contribution in [-0.4, -0.2) is 57.8 Å². The third-order valence-electron chi connectivity index (χ3n) is 6.91. The quantitative estimate of drug-likeness (QED) is 0.732. The van der Waals surface area contributed by atoms with E-state index in [4.69, 9.17) is 17.3 Å². The molecule has 3 N–H and O–H groups in total. The topological polar surface area (TPSA) is 89.1 Å². The van der Waals surface area contributed by atoms with Crippen molar-refractivity contribution in [2.75, 3.05) is 26.2 Å². The highest BCUT2D eigenvalue weighted by molar-refractivity contribution is 6.30. The van der Waals surface area contributed by atoms with E-state index in [0.717, 1.165) is 51.1 Å². The third kappa shape index (κ3) is 4.85. The number of benzene rings is 1. The molecule has 2 aliphatic rings. The highest BCUT2D eigenvalue weighted by atomic mass is 35.5. The van der Waals surface area contributed by atoms with E-state index in [-0.39, 0.29) is 11.3 Å². The van der Waals surface area contributed by atoms with Crippen LogP contribution in [0.15, 0.2) is 36.9 Å². The number of carbonyl (C=O) groups is 1. The van der Waals surface area contributed by atoms with E-state index in [1.807, 2.05) is 40.2 Å². The Morgan fingerprint density at radius 1 is 1.23 bits per heavy atom. The monoisotopic (exact) mass is 430 g/mol. The number of likely N-dealkylation sites (tertiary alicyclic amines) is 1. The van der Waals surface area contributed by atoms with Gasteiger partial charge in [0.15, 0.2) is 0 Å². The average Bonchev–Trinajstić information content (AvgIpc) is 3.29. The summed E-state index contributed by atoms with van der Waals surface area (Å²) in [6.45, 7) is 4.52. The maximum atomic E-state index is 13.0. The number of amides is 1. The first-order valence-corrected chi connectivity index (χ1v) is 11.3. The molecule has 8 heteroatoms. The van der Waals surface area contributed by atoms with Gasteiger partial charge in [-0.25, -0.2) is 4.98 Å². The van der Waals surface area contributed by atoms with Crippen molar-refractivity contribution in [3.63, 3.8) is 0 Å². The van der Waals surface area contributed by atoms with Crippen molar-refractivity contribution in [1.82, 2.24) is 25.0 Å². The van der Waals surface area contributed by atoms with Crippen LogP contribution in [0.2, 0.25) is 5.02 Å². The van der Waals surface area contributed by atoms with E-state index in [1.165, 1.54) is 12.8 Å². The van der Waals surface area contributed by atoms with Gasteiger partial charge in [0, 0.05) is 24.7 Å². The zero-order valence-electron chi connectivity index (χ0n) is 17.3. The molecule has 7 nitrogen and oxygen atoms in total. The lowest BCUT2D eigenvalue weighted by atomic mass is 9.65. The first kappa shape index (κ1) is 21.3. The van der Waals surface area contributed by atoms with Crippen molar-refractivity contribution in [3.8, 4) is 0 Å². The molecule has 0 spiro atoms. The van der Waals surface area contributed by atoms with Crippen LogP contribution in [0, 0.1) is 11.3 Å². The number of piperidine rings is 2. The van der Waals surface area contributed by atoms with Gasteiger partial charge in [-0.3, -0.25) is 9.48 Å². The predicted molar refractivity (Wildman–Crippen MR) is 117 cm³/mol. The molecule has 162 valence electrons. The van der Waals surface area contributed by atoms with Crippen LogP contribution in [-0.2, 0) is 17.8 Å². The van der Waals surface area contributed by atoms with Crippen LogP contribution in [0.1, 0.15) is 31.2 Å². The van der Waals surface area contributed by atoms with Crippen LogP contribution in [0.25, 0.3) is 0 Å². The van der Waals surface area contributed by atoms with E-state index in [2.05, 4.69) is 15.4 Å². The van der Waals surface area contributed by atoms with Crippen LogP contribution in [0.5, 0.6) is 0 Å². The molecule has 30 heavy (non-hydrogen) atoms. The maximum Gasteiger partial charge on any atom is 0.239 e. The fourth-order valence-corrected chi connectivity index (χ4v) is 5.26. The third-order valence-corrected chi connectivity index (χ3v) is 7.16. The summed E-state index contributed by atoms with van der Waals surface area (Å²) in [4.78, 5) is 19.1. The van der Waals surface area contributed by atoms with Crippen molar-refractivity contribution in [2.24, 2.45) is 17.1 Å². The minimum atomic E-state index is -0.520. The number of aromatic nitrogens is 3. The summed E-state index contributed by atoms with van der Waals surface area (Å²) in [6.07, 6.45) is 8.27. The molecule has 2 saturated heterocycles. The fourth-order valence-electron chi connectivity index (χ4n) is 5.14. The Morgan fingerprint density at radius 2 is 1.93 bits per heavy atom. The van der Waals surface area contributed by atoms with Gasteiger partial charge in [-0.05, 0) is 74.2 Å². The summed E-state index contributed by atoms with van der Waals surface area (Å²) < 4.78 is 1.96. The maximum absolute atomic E-state index is 13.0. The Labute approximate surface area is 183 Å². The van der Waals surface area contributed by atoms with E-state index >= 15 is 0 Å². The van der Waals surface area contributed by atoms with E-state index in [0.29, 0.717) is 17.4 Å². The average molecular weight is 431 g/mol. The van der Waals surface area contributed by atoms with Crippen molar-refractivity contribution >= 4 is 17.5 Å². The van der Waals surface area contributed by atoms with Gasteiger partial charge in [0.2, 0.25) is 5.91 Å². The number of carbonyl (C=O) groups excluding carboxylic acids is 1. The predicted octanol–water partition coefficient (Wildman–Crippen LogP) is 2.11. The van der Waals surface area contributed by atoms with Gasteiger partial charge in [-0.2, -0.15) is 5.10 Å². The molecule has 4 rings (SSSR count). The second kappa shape index (κ2) is 9.45. The van der Waals surface area contributed by atoms with Crippen LogP contribution in [0.3, 0.4) is 0 Å². The van der Waals surface area contributed by atoms with Gasteiger partial charge >= 0.3 is 0 Å². The summed E-state index contributed by atoms with van der Waals surface area (Å²) in [7, 11) is 0. The van der Waals surface area contributed by atoms with Crippen molar-refractivity contribution in [2.45, 2.75) is 44.7 Å². The molecule has 0 aliphatic carbocycles. The van der Waals surface area contributed by atoms with Gasteiger partial charge in [-0.15, -0.1) is 0 Å². The number of nitrogens with one attached hydrogen (secondary N) is 1. The summed E-state index contributed by atoms with van der Waals surface area (Å²) in [5.74, 6) is 0.688. The molecular weight excluding hydrogens is 400 g/mol. The number of nitrogens with two attached hydrogens (primary N) is 1. The fraction of sp³-hybridized carbons (Fsp3) is 0.591. The number of hydrogen-bond donors (Lipinski definition) is 2. The summed E-state index contributed by atoms with van der Waals surface area (Å²) in [6, 6.07) is 7.03. The molecule has 1 unspecified atom stereocenters. The Morgan fingerprint density at radius 3 is 2.57 bits per heavy atom. The number of halogens is 1. The first-order chi connectivity index (χ1) is 14.6. The smallest absolute Gasteiger partial charge is 0.239 e. The molecule has 1 aromatic heterocycles. The second-order valence-electron chi connectivity index (χ2n) is 8.74. The van der Waals surface area contributed by atoms with Crippen molar-refractivity contribution in [1.29, 1.82) is 0 Å². The normalized spacial score (nSPS) is 20.8. The van der Waals surface area contributed by atoms with Crippen LogP contribution < -0.4 is 11.1 Å². The molecular formula is C22H31ClN6O. The Bertz CT molecular complexity index is 811. The summed E-state index contributed by atoms with van der Waals surface area (Å²) >= 11 is 5.95. The molecule has 0 radical (unpaired) electrons. The van der Waals surface area contributed by atoms with Gasteiger partial charge in [0.25, 0.3) is 0 Å². The number of hydrogen-bond acceptors (Lipinski definition) is 5. The minimum absolute atomic E-state index is 0.0459. The molecule has 1 amide bonds. The number of nitrogens with zero attached hydrogens (tertiary/aromatic N) is 4. The lowest BCUT2D eigenvalue weighted by Crippen LogP contribution is -2.53. The summed E-state index contributed by atoms with van der Waals surface area (Å²) in [5.41, 5.74) is 7.48. The van der Waals surface area contributed by atoms with Gasteiger partial charge < -0.3 is 16.0 Å². The molecule has 2 aromatic rings. The van der Waals surface area contributed by atoms with Gasteiger partial charge in [0.1, 0.15) is 12.7 Å². The van der Waals surface area contributed by atoms with E-state index in [9.17, 15) is 4.79 Å². The lowest BCUT2D eigenvalue weighted by molar-refractivity contribution is -0.136. The highest BCUT2D eigenvalue weighted by Crippen LogP contribution is 2.44. The Kier molecular flexibility index (Phi) is 6.71. The molecule has 0 bridgehead atoms. The molecule has 1 aromatic carbocycles. The van der Waals surface area contributed by atoms with Gasteiger partial charge in [-0.1, -0.05) is 23.7 Å². The Hall–Kier alpha value is -1.96. The van der Waals surface area contributed by atoms with Crippen molar-refractivity contribution < 1.29 is 4.79 Å². The largest absolute Gasteiger partial charge is 0.341 e. The van der Waals surface area contributed by atoms with Gasteiger partial charge in [0.05, 0.1) is 6.04 Å². The van der Waals surface area contributed by atoms with Crippen LogP contribution in [0.4, 0.5) is 0 Å².